The summed E-state index contributed by atoms with van der Waals surface area (Å²) in [7, 11) is -2.80. The lowest BCUT2D eigenvalue weighted by atomic mass is 10.1. The predicted molar refractivity (Wildman–Crippen MR) is 155 cm³/mol. The lowest BCUT2D eigenvalue weighted by Crippen LogP contribution is -2.53. The summed E-state index contributed by atoms with van der Waals surface area (Å²) in [6.45, 7) is 4.69. The summed E-state index contributed by atoms with van der Waals surface area (Å²) in [6.07, 6.45) is 0.267. The van der Waals surface area contributed by atoms with Crippen LogP contribution in [0.15, 0.2) is 83.8 Å². The van der Waals surface area contributed by atoms with Gasteiger partial charge in [-0.1, -0.05) is 43.3 Å². The summed E-state index contributed by atoms with van der Waals surface area (Å²) in [5.41, 5.74) is 0.310. The summed E-state index contributed by atoms with van der Waals surface area (Å²) in [5, 5.41) is 14.3. The molecule has 0 spiro atoms. The minimum atomic E-state index is -4.33. The van der Waals surface area contributed by atoms with Crippen molar-refractivity contribution >= 4 is 33.2 Å². The molecule has 3 aromatic carbocycles. The number of sulfonamides is 1. The lowest BCUT2D eigenvalue weighted by Gasteiger charge is -2.33. The molecule has 0 saturated heterocycles. The molecule has 3 rings (SSSR count). The Labute approximate surface area is 239 Å². The van der Waals surface area contributed by atoms with Crippen molar-refractivity contribution in [3.05, 3.63) is 94.5 Å². The number of nitrogens with one attached hydrogen (secondary N) is 1. The fourth-order valence-electron chi connectivity index (χ4n) is 4.24. The average Bonchev–Trinajstić information content (AvgIpc) is 2.96. The van der Waals surface area contributed by atoms with Crippen LogP contribution < -0.4 is 14.4 Å². The number of non-ortho nitro benzene ring substituents is 1. The minimum absolute atomic E-state index is 0.0149. The molecule has 0 aliphatic carbocycles. The maximum absolute atomic E-state index is 14.0. The zero-order valence-electron chi connectivity index (χ0n) is 23.4. The van der Waals surface area contributed by atoms with Crippen LogP contribution in [0, 0.1) is 10.1 Å². The third-order valence-corrected chi connectivity index (χ3v) is 8.06. The molecule has 12 heteroatoms. The monoisotopic (exact) mass is 582 g/mol. The zero-order valence-corrected chi connectivity index (χ0v) is 24.2. The van der Waals surface area contributed by atoms with Crippen LogP contribution in [0.5, 0.6) is 5.75 Å². The van der Waals surface area contributed by atoms with E-state index in [1.807, 2.05) is 0 Å². The number of nitro groups is 1. The highest BCUT2D eigenvalue weighted by molar-refractivity contribution is 7.92. The van der Waals surface area contributed by atoms with Gasteiger partial charge in [0.25, 0.3) is 15.7 Å². The molecule has 0 heterocycles. The van der Waals surface area contributed by atoms with Gasteiger partial charge in [0.1, 0.15) is 18.3 Å². The first-order valence-electron chi connectivity index (χ1n) is 13.0. The van der Waals surface area contributed by atoms with E-state index in [9.17, 15) is 28.1 Å². The first-order valence-corrected chi connectivity index (χ1v) is 14.5. The number of ether oxygens (including phenoxy) is 1. The van der Waals surface area contributed by atoms with E-state index < -0.39 is 33.4 Å². The molecule has 0 bridgehead atoms. The fourth-order valence-corrected chi connectivity index (χ4v) is 5.67. The van der Waals surface area contributed by atoms with E-state index in [2.05, 4.69) is 5.32 Å². The van der Waals surface area contributed by atoms with Gasteiger partial charge in [-0.2, -0.15) is 0 Å². The topological polar surface area (TPSA) is 139 Å². The Morgan fingerprint density at radius 3 is 2.22 bits per heavy atom. The number of nitro benzene ring substituents is 1. The number of anilines is 1. The molecular weight excluding hydrogens is 548 g/mol. The van der Waals surface area contributed by atoms with Crippen LogP contribution in [-0.2, 0) is 26.2 Å². The Morgan fingerprint density at radius 1 is 1.00 bits per heavy atom. The van der Waals surface area contributed by atoms with Crippen molar-refractivity contribution in [3.63, 3.8) is 0 Å². The van der Waals surface area contributed by atoms with Crippen molar-refractivity contribution in [2.45, 2.75) is 50.7 Å². The third-order valence-electron chi connectivity index (χ3n) is 6.27. The van der Waals surface area contributed by atoms with Gasteiger partial charge in [-0.15, -0.1) is 0 Å². The molecule has 41 heavy (non-hydrogen) atoms. The largest absolute Gasteiger partial charge is 0.497 e. The molecular formula is C29H34N4O7S. The highest BCUT2D eigenvalue weighted by Crippen LogP contribution is 2.28. The summed E-state index contributed by atoms with van der Waals surface area (Å²) in [4.78, 5) is 39.3. The van der Waals surface area contributed by atoms with Crippen molar-refractivity contribution in [2.75, 3.05) is 18.0 Å². The van der Waals surface area contributed by atoms with Crippen LogP contribution in [0.1, 0.15) is 32.8 Å². The van der Waals surface area contributed by atoms with Gasteiger partial charge in [-0.3, -0.25) is 24.0 Å². The van der Waals surface area contributed by atoms with Gasteiger partial charge in [0.05, 0.1) is 22.6 Å². The molecule has 11 nitrogen and oxygen atoms in total. The summed E-state index contributed by atoms with van der Waals surface area (Å²) < 4.78 is 33.7. The van der Waals surface area contributed by atoms with E-state index in [1.165, 1.54) is 42.3 Å². The zero-order chi connectivity index (χ0) is 30.2. The number of hydrogen-bond donors (Lipinski definition) is 1. The maximum atomic E-state index is 14.0. The molecule has 1 atom stereocenters. The minimum Gasteiger partial charge on any atom is -0.497 e. The SMILES string of the molecule is CC[C@H](C(=O)NC(C)C)N(Cc1ccc(OC)cc1)C(=O)CN(c1cccc([N+](=O)[O-])c1)S(=O)(=O)c1ccccc1. The van der Waals surface area contributed by atoms with Crippen molar-refractivity contribution in [1.82, 2.24) is 10.2 Å². The van der Waals surface area contributed by atoms with Gasteiger partial charge in [-0.05, 0) is 56.2 Å². The maximum Gasteiger partial charge on any atom is 0.271 e. The molecule has 218 valence electrons. The molecule has 0 aliphatic rings. The summed E-state index contributed by atoms with van der Waals surface area (Å²) in [5.74, 6) is -0.420. The third kappa shape index (κ3) is 7.82. The molecule has 1 N–H and O–H groups in total. The van der Waals surface area contributed by atoms with Crippen LogP contribution in [0.25, 0.3) is 0 Å². The second-order valence-electron chi connectivity index (χ2n) is 9.56. The van der Waals surface area contributed by atoms with E-state index in [0.29, 0.717) is 11.3 Å². The van der Waals surface area contributed by atoms with E-state index in [1.54, 1.807) is 63.2 Å². The van der Waals surface area contributed by atoms with Gasteiger partial charge >= 0.3 is 0 Å². The predicted octanol–water partition coefficient (Wildman–Crippen LogP) is 4.13. The van der Waals surface area contributed by atoms with E-state index >= 15 is 0 Å². The van der Waals surface area contributed by atoms with Gasteiger partial charge < -0.3 is 15.0 Å². The lowest BCUT2D eigenvalue weighted by molar-refractivity contribution is -0.384. The number of hydrogen-bond acceptors (Lipinski definition) is 7. The van der Waals surface area contributed by atoms with Crippen molar-refractivity contribution < 1.29 is 27.7 Å². The highest BCUT2D eigenvalue weighted by Gasteiger charge is 2.34. The van der Waals surface area contributed by atoms with Crippen molar-refractivity contribution in [2.24, 2.45) is 0 Å². The number of carbonyl (C=O) groups is 2. The van der Waals surface area contributed by atoms with E-state index in [4.69, 9.17) is 4.74 Å². The number of amides is 2. The van der Waals surface area contributed by atoms with Crippen LogP contribution >= 0.6 is 0 Å². The summed E-state index contributed by atoms with van der Waals surface area (Å²) in [6, 6.07) is 18.4. The van der Waals surface area contributed by atoms with Crippen LogP contribution in [-0.4, -0.2) is 55.8 Å². The number of methoxy groups -OCH3 is 1. The molecule has 0 fully saturated rings. The highest BCUT2D eigenvalue weighted by atomic mass is 32.2. The molecule has 0 aromatic heterocycles. The van der Waals surface area contributed by atoms with E-state index in [0.717, 1.165) is 10.4 Å². The Bertz CT molecular complexity index is 1460. The molecule has 0 aliphatic heterocycles. The number of carbonyl (C=O) groups excluding carboxylic acids is 2. The van der Waals surface area contributed by atoms with Crippen LogP contribution in [0.3, 0.4) is 0 Å². The van der Waals surface area contributed by atoms with Gasteiger partial charge in [0.15, 0.2) is 0 Å². The second-order valence-corrected chi connectivity index (χ2v) is 11.4. The smallest absolute Gasteiger partial charge is 0.271 e. The average molecular weight is 583 g/mol. The first kappa shape index (κ1) is 31.1. The number of nitrogens with zero attached hydrogens (tertiary/aromatic N) is 3. The van der Waals surface area contributed by atoms with Crippen LogP contribution in [0.2, 0.25) is 0 Å². The molecule has 3 aromatic rings. The van der Waals surface area contributed by atoms with Crippen molar-refractivity contribution in [3.8, 4) is 5.75 Å². The van der Waals surface area contributed by atoms with Gasteiger partial charge in [-0.25, -0.2) is 8.42 Å². The number of benzene rings is 3. The fraction of sp³-hybridized carbons (Fsp3) is 0.310. The quantitative estimate of drug-likeness (QED) is 0.236. The van der Waals surface area contributed by atoms with E-state index in [-0.39, 0.29) is 41.2 Å². The Morgan fingerprint density at radius 2 is 1.66 bits per heavy atom. The molecule has 0 unspecified atom stereocenters. The molecule has 2 amide bonds. The molecule has 0 radical (unpaired) electrons. The first-order chi connectivity index (χ1) is 19.5. The summed E-state index contributed by atoms with van der Waals surface area (Å²) >= 11 is 0. The second kappa shape index (κ2) is 13.8. The normalized spacial score (nSPS) is 11.9. The van der Waals surface area contributed by atoms with Crippen LogP contribution in [0.4, 0.5) is 11.4 Å². The Kier molecular flexibility index (Phi) is 10.4. The Balaban J connectivity index is 2.09. The Hall–Kier alpha value is -4.45. The number of rotatable bonds is 13. The van der Waals surface area contributed by atoms with Gasteiger partial charge in [0.2, 0.25) is 11.8 Å². The molecule has 0 saturated carbocycles. The van der Waals surface area contributed by atoms with Gasteiger partial charge in [0, 0.05) is 24.7 Å². The van der Waals surface area contributed by atoms with Crippen molar-refractivity contribution in [1.29, 1.82) is 0 Å². The standard InChI is InChI=1S/C29H34N4O7S/c1-5-27(29(35)30-21(2)3)31(19-22-14-16-25(40-4)17-15-22)28(34)20-32(23-10-9-11-24(18-23)33(36)37)41(38,39)26-12-7-6-8-13-26/h6-18,21,27H,5,19-20H2,1-4H3,(H,30,35)/t27-/m1/s1.